The predicted octanol–water partition coefficient (Wildman–Crippen LogP) is 0.194. The third kappa shape index (κ3) is 4.45. The summed E-state index contributed by atoms with van der Waals surface area (Å²) in [7, 11) is 0. The Balaban J connectivity index is 2.00. The summed E-state index contributed by atoms with van der Waals surface area (Å²) in [5.41, 5.74) is 0.141. The predicted molar refractivity (Wildman–Crippen MR) is 84.1 cm³/mol. The molecule has 0 N–H and O–H groups in total. The molecular formula is C16H24N4O3. The monoisotopic (exact) mass is 320 g/mol. The van der Waals surface area contributed by atoms with Gasteiger partial charge in [-0.15, -0.1) is 0 Å². The van der Waals surface area contributed by atoms with E-state index in [1.807, 2.05) is 24.8 Å². The van der Waals surface area contributed by atoms with Crippen LogP contribution in [0.4, 0.5) is 0 Å². The Bertz CT molecular complexity index is 522. The quantitative estimate of drug-likeness (QED) is 0.536. The maximum atomic E-state index is 12.6. The molecule has 0 bridgehead atoms. The standard InChI is InChI=1S/C16H24N4O3/c1-12-9-20(10-13(2)23-12)16(22)15(8-17)11-18-4-6-19(7-5-18)14(3)21/h11-13H,4-7,9-10H2,1-3H3/b15-11-. The van der Waals surface area contributed by atoms with E-state index in [0.29, 0.717) is 39.3 Å². The van der Waals surface area contributed by atoms with E-state index >= 15 is 0 Å². The van der Waals surface area contributed by atoms with E-state index in [1.165, 1.54) is 0 Å². The fraction of sp³-hybridized carbons (Fsp3) is 0.688. The number of nitriles is 1. The summed E-state index contributed by atoms with van der Waals surface area (Å²) in [6, 6.07) is 2.02. The van der Waals surface area contributed by atoms with Crippen molar-refractivity contribution in [3.05, 3.63) is 11.8 Å². The van der Waals surface area contributed by atoms with Crippen LogP contribution in [0.15, 0.2) is 11.8 Å². The van der Waals surface area contributed by atoms with Gasteiger partial charge in [-0.3, -0.25) is 9.59 Å². The molecule has 0 saturated carbocycles. The lowest BCUT2D eigenvalue weighted by molar-refractivity contribution is -0.138. The van der Waals surface area contributed by atoms with Crippen LogP contribution >= 0.6 is 0 Å². The zero-order valence-electron chi connectivity index (χ0n) is 14.0. The molecule has 2 aliphatic rings. The van der Waals surface area contributed by atoms with Gasteiger partial charge in [0.1, 0.15) is 11.6 Å². The molecule has 0 aliphatic carbocycles. The third-order valence-corrected chi connectivity index (χ3v) is 4.13. The molecule has 2 unspecified atom stereocenters. The van der Waals surface area contributed by atoms with Gasteiger partial charge in [0.2, 0.25) is 5.91 Å². The summed E-state index contributed by atoms with van der Waals surface area (Å²) in [4.78, 5) is 29.3. The summed E-state index contributed by atoms with van der Waals surface area (Å²) in [6.07, 6.45) is 1.58. The van der Waals surface area contributed by atoms with Gasteiger partial charge in [0, 0.05) is 52.4 Å². The van der Waals surface area contributed by atoms with Gasteiger partial charge < -0.3 is 19.4 Å². The number of carbonyl (C=O) groups excluding carboxylic acids is 2. The number of ether oxygens (including phenoxy) is 1. The fourth-order valence-corrected chi connectivity index (χ4v) is 2.99. The first-order valence-corrected chi connectivity index (χ1v) is 7.97. The smallest absolute Gasteiger partial charge is 0.266 e. The lowest BCUT2D eigenvalue weighted by Crippen LogP contribution is -2.49. The van der Waals surface area contributed by atoms with E-state index in [4.69, 9.17) is 4.74 Å². The zero-order valence-corrected chi connectivity index (χ0v) is 14.0. The third-order valence-electron chi connectivity index (χ3n) is 4.13. The second-order valence-electron chi connectivity index (χ2n) is 6.16. The maximum absolute atomic E-state index is 12.6. The van der Waals surface area contributed by atoms with Crippen molar-refractivity contribution in [2.24, 2.45) is 0 Å². The summed E-state index contributed by atoms with van der Waals surface area (Å²) in [5, 5.41) is 9.34. The van der Waals surface area contributed by atoms with Gasteiger partial charge in [0.15, 0.2) is 0 Å². The van der Waals surface area contributed by atoms with Crippen molar-refractivity contribution in [2.45, 2.75) is 33.0 Å². The van der Waals surface area contributed by atoms with Crippen LogP contribution < -0.4 is 0 Å². The molecule has 0 aromatic rings. The molecule has 0 aromatic heterocycles. The van der Waals surface area contributed by atoms with Crippen molar-refractivity contribution >= 4 is 11.8 Å². The number of amides is 2. The van der Waals surface area contributed by atoms with Gasteiger partial charge in [-0.05, 0) is 13.8 Å². The second kappa shape index (κ2) is 7.47. The highest BCUT2D eigenvalue weighted by Gasteiger charge is 2.28. The Labute approximate surface area is 137 Å². The van der Waals surface area contributed by atoms with Crippen LogP contribution in [0.2, 0.25) is 0 Å². The average molecular weight is 320 g/mol. The lowest BCUT2D eigenvalue weighted by Gasteiger charge is -2.36. The number of carbonyl (C=O) groups is 2. The minimum absolute atomic E-state index is 0.0262. The van der Waals surface area contributed by atoms with Crippen molar-refractivity contribution in [3.8, 4) is 6.07 Å². The first-order valence-electron chi connectivity index (χ1n) is 7.97. The molecule has 126 valence electrons. The van der Waals surface area contributed by atoms with Crippen LogP contribution in [0.3, 0.4) is 0 Å². The van der Waals surface area contributed by atoms with Gasteiger partial charge in [-0.1, -0.05) is 0 Å². The van der Waals surface area contributed by atoms with Gasteiger partial charge in [0.25, 0.3) is 5.91 Å². The molecule has 0 aromatic carbocycles. The second-order valence-corrected chi connectivity index (χ2v) is 6.16. The largest absolute Gasteiger partial charge is 0.373 e. The molecule has 2 heterocycles. The van der Waals surface area contributed by atoms with Gasteiger partial charge in [-0.2, -0.15) is 5.26 Å². The topological polar surface area (TPSA) is 76.9 Å². The minimum atomic E-state index is -0.247. The molecule has 2 rings (SSSR count). The number of piperazine rings is 1. The molecule has 2 saturated heterocycles. The highest BCUT2D eigenvalue weighted by Crippen LogP contribution is 2.14. The molecule has 2 aliphatic heterocycles. The minimum Gasteiger partial charge on any atom is -0.373 e. The summed E-state index contributed by atoms with van der Waals surface area (Å²) >= 11 is 0. The highest BCUT2D eigenvalue weighted by molar-refractivity contribution is 5.97. The van der Waals surface area contributed by atoms with Crippen molar-refractivity contribution < 1.29 is 14.3 Å². The molecule has 7 heteroatoms. The van der Waals surface area contributed by atoms with E-state index in [2.05, 4.69) is 0 Å². The zero-order chi connectivity index (χ0) is 17.0. The fourth-order valence-electron chi connectivity index (χ4n) is 2.99. The highest BCUT2D eigenvalue weighted by atomic mass is 16.5. The molecule has 23 heavy (non-hydrogen) atoms. The van der Waals surface area contributed by atoms with Crippen LogP contribution in [0.5, 0.6) is 0 Å². The van der Waals surface area contributed by atoms with Crippen LogP contribution in [0.25, 0.3) is 0 Å². The normalized spacial score (nSPS) is 26.0. The SMILES string of the molecule is CC(=O)N1CCN(/C=C(/C#N)C(=O)N2CC(C)OC(C)C2)CC1. The number of nitrogens with zero attached hydrogens (tertiary/aromatic N) is 4. The van der Waals surface area contributed by atoms with E-state index in [1.54, 1.807) is 22.9 Å². The molecule has 0 radical (unpaired) electrons. The van der Waals surface area contributed by atoms with E-state index in [9.17, 15) is 14.9 Å². The van der Waals surface area contributed by atoms with E-state index < -0.39 is 0 Å². The Morgan fingerprint density at radius 2 is 1.65 bits per heavy atom. The Kier molecular flexibility index (Phi) is 5.61. The first-order chi connectivity index (χ1) is 10.9. The molecular weight excluding hydrogens is 296 g/mol. The van der Waals surface area contributed by atoms with Crippen LogP contribution in [-0.2, 0) is 14.3 Å². The number of hydrogen-bond donors (Lipinski definition) is 0. The maximum Gasteiger partial charge on any atom is 0.266 e. The van der Waals surface area contributed by atoms with Crippen molar-refractivity contribution in [2.75, 3.05) is 39.3 Å². The Morgan fingerprint density at radius 3 is 2.13 bits per heavy atom. The molecule has 7 nitrogen and oxygen atoms in total. The lowest BCUT2D eigenvalue weighted by atomic mass is 10.2. The van der Waals surface area contributed by atoms with Crippen molar-refractivity contribution in [1.29, 1.82) is 5.26 Å². The van der Waals surface area contributed by atoms with Crippen LogP contribution in [-0.4, -0.2) is 78.0 Å². The number of rotatable bonds is 2. The number of morpholine rings is 1. The van der Waals surface area contributed by atoms with E-state index in [0.717, 1.165) is 0 Å². The summed E-state index contributed by atoms with van der Waals surface area (Å²) in [6.45, 7) is 8.90. The molecule has 0 spiro atoms. The van der Waals surface area contributed by atoms with E-state index in [-0.39, 0.29) is 29.6 Å². The Hall–Kier alpha value is -2.07. The summed E-state index contributed by atoms with van der Waals surface area (Å²) < 4.78 is 5.62. The molecule has 2 fully saturated rings. The number of hydrogen-bond acceptors (Lipinski definition) is 5. The van der Waals surface area contributed by atoms with Crippen LogP contribution in [0.1, 0.15) is 20.8 Å². The van der Waals surface area contributed by atoms with Crippen LogP contribution in [0, 0.1) is 11.3 Å². The first kappa shape index (κ1) is 17.3. The Morgan fingerprint density at radius 1 is 1.09 bits per heavy atom. The summed E-state index contributed by atoms with van der Waals surface area (Å²) in [5.74, 6) is -0.190. The van der Waals surface area contributed by atoms with Gasteiger partial charge in [0.05, 0.1) is 12.2 Å². The molecule has 2 amide bonds. The van der Waals surface area contributed by atoms with Crippen molar-refractivity contribution in [1.82, 2.24) is 14.7 Å². The van der Waals surface area contributed by atoms with Gasteiger partial charge in [-0.25, -0.2) is 0 Å². The average Bonchev–Trinajstić information content (AvgIpc) is 2.51. The molecule has 2 atom stereocenters. The van der Waals surface area contributed by atoms with Gasteiger partial charge >= 0.3 is 0 Å². The van der Waals surface area contributed by atoms with Crippen molar-refractivity contribution in [3.63, 3.8) is 0 Å².